The van der Waals surface area contributed by atoms with Crippen molar-refractivity contribution in [2.75, 3.05) is 5.32 Å². The van der Waals surface area contributed by atoms with Crippen LogP contribution in [0.15, 0.2) is 67.3 Å². The minimum atomic E-state index is 0.0276. The maximum atomic E-state index is 6.31. The summed E-state index contributed by atoms with van der Waals surface area (Å²) >= 11 is 11.3. The molecule has 0 amide bonds. The van der Waals surface area contributed by atoms with Gasteiger partial charge in [0.05, 0.1) is 17.9 Å². The van der Waals surface area contributed by atoms with Gasteiger partial charge in [0.1, 0.15) is 11.9 Å². The molecule has 2 aromatic carbocycles. The van der Waals surface area contributed by atoms with Gasteiger partial charge in [-0.2, -0.15) is 0 Å². The van der Waals surface area contributed by atoms with E-state index in [4.69, 9.17) is 28.6 Å². The van der Waals surface area contributed by atoms with Crippen LogP contribution in [0.2, 0.25) is 5.02 Å². The predicted molar refractivity (Wildman–Crippen MR) is 124 cm³/mol. The number of nitrogens with zero attached hydrogens (tertiary/aromatic N) is 2. The fourth-order valence-electron chi connectivity index (χ4n) is 3.06. The number of aryl methyl sites for hydroxylation is 1. The number of imidazole rings is 1. The minimum Gasteiger partial charge on any atom is -0.489 e. The summed E-state index contributed by atoms with van der Waals surface area (Å²) in [6, 6.07) is 16.0. The molecule has 0 saturated carbocycles. The molecule has 3 rings (SSSR count). The maximum Gasteiger partial charge on any atom is 0.119 e. The third-order valence-electron chi connectivity index (χ3n) is 4.56. The molecule has 1 aromatic heterocycles. The van der Waals surface area contributed by atoms with E-state index in [1.165, 1.54) is 5.56 Å². The van der Waals surface area contributed by atoms with Crippen LogP contribution in [0.4, 0.5) is 5.69 Å². The summed E-state index contributed by atoms with van der Waals surface area (Å²) < 4.78 is 8.35. The Bertz CT molecular complexity index is 880. The second kappa shape index (κ2) is 11.0. The highest BCUT2D eigenvalue weighted by molar-refractivity contribution is 7.80. The molecule has 1 atom stereocenters. The summed E-state index contributed by atoms with van der Waals surface area (Å²) in [5, 5.41) is 4.02. The molecule has 0 aliphatic heterocycles. The van der Waals surface area contributed by atoms with Crippen molar-refractivity contribution in [2.45, 2.75) is 45.3 Å². The first-order chi connectivity index (χ1) is 14.1. The summed E-state index contributed by atoms with van der Waals surface area (Å²) in [5.41, 5.74) is 2.24. The molecule has 1 unspecified atom stereocenters. The topological polar surface area (TPSA) is 39.1 Å². The average molecular weight is 428 g/mol. The van der Waals surface area contributed by atoms with E-state index in [0.717, 1.165) is 53.7 Å². The van der Waals surface area contributed by atoms with Crippen LogP contribution >= 0.6 is 23.8 Å². The zero-order valence-electron chi connectivity index (χ0n) is 16.6. The lowest BCUT2D eigenvalue weighted by Gasteiger charge is -2.20. The second-order valence-corrected chi connectivity index (χ2v) is 7.92. The molecular formula is C23H26ClN3OS. The molecule has 0 saturated heterocycles. The van der Waals surface area contributed by atoms with Crippen molar-refractivity contribution >= 4 is 34.5 Å². The molecule has 0 radical (unpaired) electrons. The SMILES string of the molecule is CCCC(=S)Nc1ccc(OC(CCc2ccc(Cl)cc2)Cn2ccnc2)cc1. The monoisotopic (exact) mass is 427 g/mol. The summed E-state index contributed by atoms with van der Waals surface area (Å²) in [4.78, 5) is 5.00. The molecule has 0 bridgehead atoms. The molecule has 0 aliphatic carbocycles. The van der Waals surface area contributed by atoms with Crippen molar-refractivity contribution in [1.82, 2.24) is 9.55 Å². The van der Waals surface area contributed by atoms with Crippen molar-refractivity contribution in [3.05, 3.63) is 77.8 Å². The number of anilines is 1. The molecule has 3 aromatic rings. The summed E-state index contributed by atoms with van der Waals surface area (Å²) in [5.74, 6) is 0.846. The largest absolute Gasteiger partial charge is 0.489 e. The number of nitrogens with one attached hydrogen (secondary N) is 1. The van der Waals surface area contributed by atoms with E-state index in [9.17, 15) is 0 Å². The van der Waals surface area contributed by atoms with Crippen LogP contribution < -0.4 is 10.1 Å². The lowest BCUT2D eigenvalue weighted by Crippen LogP contribution is -2.23. The van der Waals surface area contributed by atoms with Gasteiger partial charge in [-0.25, -0.2) is 4.98 Å². The van der Waals surface area contributed by atoms with Gasteiger partial charge in [-0.1, -0.05) is 42.9 Å². The number of hydrogen-bond acceptors (Lipinski definition) is 3. The van der Waals surface area contributed by atoms with Crippen LogP contribution in [0, 0.1) is 0 Å². The van der Waals surface area contributed by atoms with E-state index in [-0.39, 0.29) is 6.10 Å². The van der Waals surface area contributed by atoms with E-state index in [1.807, 2.05) is 53.5 Å². The molecule has 0 fully saturated rings. The van der Waals surface area contributed by atoms with Gasteiger partial charge < -0.3 is 14.6 Å². The van der Waals surface area contributed by atoms with Crippen LogP contribution in [0.1, 0.15) is 31.7 Å². The summed E-state index contributed by atoms with van der Waals surface area (Å²) in [6.07, 6.45) is 9.33. The quantitative estimate of drug-likeness (QED) is 0.393. The Labute approximate surface area is 182 Å². The van der Waals surface area contributed by atoms with Crippen molar-refractivity contribution < 1.29 is 4.74 Å². The molecular weight excluding hydrogens is 402 g/mol. The first-order valence-corrected chi connectivity index (χ1v) is 10.7. The van der Waals surface area contributed by atoms with Gasteiger partial charge in [0.15, 0.2) is 0 Å². The second-order valence-electron chi connectivity index (χ2n) is 6.99. The smallest absolute Gasteiger partial charge is 0.119 e. The van der Waals surface area contributed by atoms with Crippen LogP contribution in [-0.4, -0.2) is 20.6 Å². The van der Waals surface area contributed by atoms with Gasteiger partial charge in [0.25, 0.3) is 0 Å². The van der Waals surface area contributed by atoms with Gasteiger partial charge in [-0.05, 0) is 67.6 Å². The van der Waals surface area contributed by atoms with Gasteiger partial charge >= 0.3 is 0 Å². The van der Waals surface area contributed by atoms with Gasteiger partial charge in [0.2, 0.25) is 0 Å². The summed E-state index contributed by atoms with van der Waals surface area (Å²) in [7, 11) is 0. The number of hydrogen-bond donors (Lipinski definition) is 1. The fraction of sp³-hybridized carbons (Fsp3) is 0.304. The van der Waals surface area contributed by atoms with Crippen LogP contribution in [0.3, 0.4) is 0 Å². The Hall–Kier alpha value is -2.37. The lowest BCUT2D eigenvalue weighted by atomic mass is 10.1. The van der Waals surface area contributed by atoms with Crippen LogP contribution in [-0.2, 0) is 13.0 Å². The molecule has 6 heteroatoms. The van der Waals surface area contributed by atoms with Crippen molar-refractivity contribution in [2.24, 2.45) is 0 Å². The van der Waals surface area contributed by atoms with Crippen molar-refractivity contribution in [1.29, 1.82) is 0 Å². The highest BCUT2D eigenvalue weighted by Crippen LogP contribution is 2.20. The molecule has 1 N–H and O–H groups in total. The molecule has 29 heavy (non-hydrogen) atoms. The normalized spacial score (nSPS) is 11.8. The van der Waals surface area contributed by atoms with Crippen LogP contribution in [0.5, 0.6) is 5.75 Å². The van der Waals surface area contributed by atoms with Gasteiger partial charge in [0, 0.05) is 23.1 Å². The number of rotatable bonds is 10. The molecule has 0 aliphatic rings. The minimum absolute atomic E-state index is 0.0276. The molecule has 4 nitrogen and oxygen atoms in total. The fourth-order valence-corrected chi connectivity index (χ4v) is 3.50. The average Bonchev–Trinajstić information content (AvgIpc) is 3.22. The Morgan fingerprint density at radius 1 is 1.17 bits per heavy atom. The van der Waals surface area contributed by atoms with E-state index >= 15 is 0 Å². The Kier molecular flexibility index (Phi) is 8.08. The summed E-state index contributed by atoms with van der Waals surface area (Å²) in [6.45, 7) is 2.86. The van der Waals surface area contributed by atoms with Gasteiger partial charge in [-0.3, -0.25) is 0 Å². The number of benzene rings is 2. The molecule has 0 spiro atoms. The zero-order chi connectivity index (χ0) is 20.5. The van der Waals surface area contributed by atoms with Crippen molar-refractivity contribution in [3.8, 4) is 5.75 Å². The zero-order valence-corrected chi connectivity index (χ0v) is 18.1. The first kappa shape index (κ1) is 21.3. The Balaban J connectivity index is 1.62. The van der Waals surface area contributed by atoms with E-state index in [1.54, 1.807) is 6.20 Å². The predicted octanol–water partition coefficient (Wildman–Crippen LogP) is 6.16. The number of aromatic nitrogens is 2. The Morgan fingerprint density at radius 2 is 1.93 bits per heavy atom. The van der Waals surface area contributed by atoms with E-state index in [2.05, 4.69) is 29.4 Å². The number of thiocarbonyl (C=S) groups is 1. The molecule has 1 heterocycles. The first-order valence-electron chi connectivity index (χ1n) is 9.89. The standard InChI is InChI=1S/C23H26ClN3OS/c1-2-3-23(29)26-20-9-12-21(13-10-20)28-22(16-27-15-14-25-17-27)11-6-18-4-7-19(24)8-5-18/h4-5,7-10,12-15,17,22H,2-3,6,11,16H2,1H3,(H,26,29). The maximum absolute atomic E-state index is 6.31. The third kappa shape index (κ3) is 7.18. The van der Waals surface area contributed by atoms with E-state index in [0.29, 0.717) is 0 Å². The van der Waals surface area contributed by atoms with Crippen LogP contribution in [0.25, 0.3) is 0 Å². The highest BCUT2D eigenvalue weighted by Gasteiger charge is 2.12. The van der Waals surface area contributed by atoms with E-state index < -0.39 is 0 Å². The number of halogens is 1. The molecule has 152 valence electrons. The van der Waals surface area contributed by atoms with Crippen molar-refractivity contribution in [3.63, 3.8) is 0 Å². The Morgan fingerprint density at radius 3 is 2.59 bits per heavy atom. The number of ether oxygens (including phenoxy) is 1. The lowest BCUT2D eigenvalue weighted by molar-refractivity contribution is 0.170. The third-order valence-corrected chi connectivity index (χ3v) is 5.12. The highest BCUT2D eigenvalue weighted by atomic mass is 35.5. The van der Waals surface area contributed by atoms with Gasteiger partial charge in [-0.15, -0.1) is 0 Å².